The molecule has 2 N–H and O–H groups in total. The zero-order chi connectivity index (χ0) is 12.3. The molecule has 1 saturated heterocycles. The summed E-state index contributed by atoms with van der Waals surface area (Å²) in [7, 11) is 0. The summed E-state index contributed by atoms with van der Waals surface area (Å²) < 4.78 is 5.55. The van der Waals surface area contributed by atoms with E-state index in [4.69, 9.17) is 10.5 Å². The summed E-state index contributed by atoms with van der Waals surface area (Å²) in [5.41, 5.74) is 9.62. The van der Waals surface area contributed by atoms with E-state index < -0.39 is 0 Å². The Morgan fingerprint density at radius 2 is 2.00 bits per heavy atom. The predicted octanol–water partition coefficient (Wildman–Crippen LogP) is 1.86. The molecule has 1 aromatic rings. The quantitative estimate of drug-likeness (QED) is 0.867. The Balaban J connectivity index is 2.22. The lowest BCUT2D eigenvalue weighted by molar-refractivity contribution is 0.0922. The SMILES string of the molecule is Cc1cc(C)cc(N2CCOCC2CCN)c1. The summed E-state index contributed by atoms with van der Waals surface area (Å²) in [4.78, 5) is 2.44. The van der Waals surface area contributed by atoms with Gasteiger partial charge in [-0.3, -0.25) is 0 Å². The van der Waals surface area contributed by atoms with Gasteiger partial charge in [-0.15, -0.1) is 0 Å². The Morgan fingerprint density at radius 3 is 2.65 bits per heavy atom. The van der Waals surface area contributed by atoms with Crippen molar-refractivity contribution in [3.63, 3.8) is 0 Å². The normalized spacial score (nSPS) is 20.6. The van der Waals surface area contributed by atoms with Crippen LogP contribution in [0, 0.1) is 13.8 Å². The lowest BCUT2D eigenvalue weighted by atomic mass is 10.1. The lowest BCUT2D eigenvalue weighted by Gasteiger charge is -2.37. The third-order valence-corrected chi connectivity index (χ3v) is 3.27. The van der Waals surface area contributed by atoms with Crippen molar-refractivity contribution in [2.45, 2.75) is 26.3 Å². The number of hydrogen-bond acceptors (Lipinski definition) is 3. The fourth-order valence-electron chi connectivity index (χ4n) is 2.54. The average molecular weight is 234 g/mol. The summed E-state index contributed by atoms with van der Waals surface area (Å²) in [6, 6.07) is 7.14. The van der Waals surface area contributed by atoms with Crippen LogP contribution in [-0.4, -0.2) is 32.3 Å². The van der Waals surface area contributed by atoms with Crippen molar-refractivity contribution >= 4 is 5.69 Å². The van der Waals surface area contributed by atoms with Crippen LogP contribution in [0.3, 0.4) is 0 Å². The molecule has 0 amide bonds. The van der Waals surface area contributed by atoms with Crippen molar-refractivity contribution in [1.82, 2.24) is 0 Å². The van der Waals surface area contributed by atoms with E-state index in [0.717, 1.165) is 32.7 Å². The first kappa shape index (κ1) is 12.4. The number of benzene rings is 1. The summed E-state index contributed by atoms with van der Waals surface area (Å²) in [5, 5.41) is 0. The molecule has 1 fully saturated rings. The van der Waals surface area contributed by atoms with Crippen molar-refractivity contribution in [2.75, 3.05) is 31.2 Å². The highest BCUT2D eigenvalue weighted by Crippen LogP contribution is 2.23. The van der Waals surface area contributed by atoms with Crippen LogP contribution in [0.2, 0.25) is 0 Å². The molecule has 1 aliphatic heterocycles. The molecule has 1 aromatic carbocycles. The number of nitrogens with two attached hydrogens (primary N) is 1. The minimum atomic E-state index is 0.426. The first-order chi connectivity index (χ1) is 8.20. The highest BCUT2D eigenvalue weighted by Gasteiger charge is 2.22. The molecule has 94 valence electrons. The van der Waals surface area contributed by atoms with Gasteiger partial charge in [-0.25, -0.2) is 0 Å². The Kier molecular flexibility index (Phi) is 4.02. The van der Waals surface area contributed by atoms with Crippen LogP contribution in [0.5, 0.6) is 0 Å². The van der Waals surface area contributed by atoms with Gasteiger partial charge in [-0.05, 0) is 50.1 Å². The first-order valence-corrected chi connectivity index (χ1v) is 6.33. The van der Waals surface area contributed by atoms with Crippen molar-refractivity contribution in [3.8, 4) is 0 Å². The van der Waals surface area contributed by atoms with E-state index in [1.54, 1.807) is 0 Å². The monoisotopic (exact) mass is 234 g/mol. The number of rotatable bonds is 3. The van der Waals surface area contributed by atoms with E-state index in [9.17, 15) is 0 Å². The van der Waals surface area contributed by atoms with Crippen LogP contribution in [0.1, 0.15) is 17.5 Å². The van der Waals surface area contributed by atoms with Crippen molar-refractivity contribution in [3.05, 3.63) is 29.3 Å². The van der Waals surface area contributed by atoms with Crippen LogP contribution in [-0.2, 0) is 4.74 Å². The van der Waals surface area contributed by atoms with Crippen molar-refractivity contribution in [2.24, 2.45) is 5.73 Å². The zero-order valence-corrected chi connectivity index (χ0v) is 10.8. The van der Waals surface area contributed by atoms with E-state index in [0.29, 0.717) is 6.04 Å². The van der Waals surface area contributed by atoms with Crippen LogP contribution in [0.15, 0.2) is 18.2 Å². The molecule has 1 atom stereocenters. The van der Waals surface area contributed by atoms with Crippen LogP contribution in [0.4, 0.5) is 5.69 Å². The van der Waals surface area contributed by atoms with E-state index in [1.165, 1.54) is 16.8 Å². The van der Waals surface area contributed by atoms with Gasteiger partial charge in [0.1, 0.15) is 0 Å². The van der Waals surface area contributed by atoms with Crippen LogP contribution >= 0.6 is 0 Å². The van der Waals surface area contributed by atoms with Gasteiger partial charge in [0.05, 0.1) is 19.3 Å². The second-order valence-corrected chi connectivity index (χ2v) is 4.85. The molecule has 0 aromatic heterocycles. The number of hydrogen-bond donors (Lipinski definition) is 1. The summed E-state index contributed by atoms with van der Waals surface area (Å²) in [6.45, 7) is 7.59. The first-order valence-electron chi connectivity index (χ1n) is 6.33. The highest BCUT2D eigenvalue weighted by molar-refractivity contribution is 5.52. The fourth-order valence-corrected chi connectivity index (χ4v) is 2.54. The van der Waals surface area contributed by atoms with Gasteiger partial charge in [0.2, 0.25) is 0 Å². The van der Waals surface area contributed by atoms with E-state index in [2.05, 4.69) is 36.9 Å². The third-order valence-electron chi connectivity index (χ3n) is 3.27. The molecule has 17 heavy (non-hydrogen) atoms. The highest BCUT2D eigenvalue weighted by atomic mass is 16.5. The Morgan fingerprint density at radius 1 is 1.29 bits per heavy atom. The van der Waals surface area contributed by atoms with Crippen molar-refractivity contribution in [1.29, 1.82) is 0 Å². The number of aryl methyl sites for hydroxylation is 2. The van der Waals surface area contributed by atoms with Crippen molar-refractivity contribution < 1.29 is 4.74 Å². The van der Waals surface area contributed by atoms with Gasteiger partial charge in [-0.2, -0.15) is 0 Å². The summed E-state index contributed by atoms with van der Waals surface area (Å²) in [6.07, 6.45) is 0.993. The van der Waals surface area contributed by atoms with Gasteiger partial charge in [0, 0.05) is 12.2 Å². The zero-order valence-electron chi connectivity index (χ0n) is 10.8. The smallest absolute Gasteiger partial charge is 0.0671 e. The predicted molar refractivity (Wildman–Crippen MR) is 71.5 cm³/mol. The number of nitrogens with zero attached hydrogens (tertiary/aromatic N) is 1. The molecular weight excluding hydrogens is 212 g/mol. The summed E-state index contributed by atoms with van der Waals surface area (Å²) in [5.74, 6) is 0. The maximum Gasteiger partial charge on any atom is 0.0671 e. The lowest BCUT2D eigenvalue weighted by Crippen LogP contribution is -2.46. The molecule has 0 spiro atoms. The number of anilines is 1. The molecule has 1 unspecified atom stereocenters. The third kappa shape index (κ3) is 2.99. The maximum absolute atomic E-state index is 5.68. The van der Waals surface area contributed by atoms with Gasteiger partial charge in [0.15, 0.2) is 0 Å². The standard InChI is InChI=1S/C14H22N2O/c1-11-7-12(2)9-14(8-11)16-5-6-17-10-13(16)3-4-15/h7-9,13H,3-6,10,15H2,1-2H3. The second kappa shape index (κ2) is 5.52. The van der Waals surface area contributed by atoms with E-state index >= 15 is 0 Å². The summed E-state index contributed by atoms with van der Waals surface area (Å²) >= 11 is 0. The molecular formula is C14H22N2O. The average Bonchev–Trinajstić information content (AvgIpc) is 2.29. The minimum Gasteiger partial charge on any atom is -0.377 e. The second-order valence-electron chi connectivity index (χ2n) is 4.85. The van der Waals surface area contributed by atoms with Gasteiger partial charge in [-0.1, -0.05) is 6.07 Å². The van der Waals surface area contributed by atoms with Gasteiger partial charge < -0.3 is 15.4 Å². The number of ether oxygens (including phenoxy) is 1. The van der Waals surface area contributed by atoms with E-state index in [1.807, 2.05) is 0 Å². The molecule has 2 rings (SSSR count). The molecule has 0 radical (unpaired) electrons. The molecule has 0 saturated carbocycles. The molecule has 1 heterocycles. The fraction of sp³-hybridized carbons (Fsp3) is 0.571. The topological polar surface area (TPSA) is 38.5 Å². The maximum atomic E-state index is 5.68. The number of morpholine rings is 1. The Bertz CT molecular complexity index is 356. The molecule has 1 aliphatic rings. The molecule has 0 bridgehead atoms. The largest absolute Gasteiger partial charge is 0.377 e. The Hall–Kier alpha value is -1.06. The van der Waals surface area contributed by atoms with Gasteiger partial charge in [0.25, 0.3) is 0 Å². The molecule has 3 heteroatoms. The van der Waals surface area contributed by atoms with Gasteiger partial charge >= 0.3 is 0 Å². The van der Waals surface area contributed by atoms with E-state index in [-0.39, 0.29) is 0 Å². The Labute approximate surface area is 104 Å². The molecule has 3 nitrogen and oxygen atoms in total. The van der Waals surface area contributed by atoms with Crippen LogP contribution < -0.4 is 10.6 Å². The minimum absolute atomic E-state index is 0.426. The van der Waals surface area contributed by atoms with Crippen LogP contribution in [0.25, 0.3) is 0 Å². The molecule has 0 aliphatic carbocycles.